The average Bonchev–Trinajstić information content (AvgIpc) is 2.64. The van der Waals surface area contributed by atoms with Crippen LogP contribution in [-0.2, 0) is 11.8 Å². The first-order chi connectivity index (χ1) is 8.58. The highest BCUT2D eigenvalue weighted by Crippen LogP contribution is 2.29. The van der Waals surface area contributed by atoms with E-state index in [1.165, 1.54) is 26.2 Å². The van der Waals surface area contributed by atoms with Gasteiger partial charge < -0.3 is 9.30 Å². The van der Waals surface area contributed by atoms with Crippen molar-refractivity contribution >= 4 is 11.8 Å². The molecule has 1 saturated carbocycles. The second-order valence-electron chi connectivity index (χ2n) is 5.00. The zero-order chi connectivity index (χ0) is 13.1. The molecule has 18 heavy (non-hydrogen) atoms. The Balaban J connectivity index is 1.89. The maximum Gasteiger partial charge on any atom is 0.354 e. The number of ketones is 1. The highest BCUT2D eigenvalue weighted by atomic mass is 16.5. The Morgan fingerprint density at radius 3 is 2.67 bits per heavy atom. The molecule has 0 radical (unpaired) electrons. The lowest BCUT2D eigenvalue weighted by molar-refractivity contribution is 0.0453. The third-order valence-corrected chi connectivity index (χ3v) is 3.60. The van der Waals surface area contributed by atoms with Crippen molar-refractivity contribution in [1.82, 2.24) is 4.57 Å². The van der Waals surface area contributed by atoms with Crippen LogP contribution in [0.5, 0.6) is 0 Å². The van der Waals surface area contributed by atoms with Crippen molar-refractivity contribution in [2.45, 2.75) is 32.6 Å². The van der Waals surface area contributed by atoms with Gasteiger partial charge >= 0.3 is 5.97 Å². The van der Waals surface area contributed by atoms with Gasteiger partial charge in [0.25, 0.3) is 0 Å². The fourth-order valence-electron chi connectivity index (χ4n) is 2.13. The minimum Gasteiger partial charge on any atom is -0.461 e. The van der Waals surface area contributed by atoms with Gasteiger partial charge in [-0.3, -0.25) is 4.79 Å². The lowest BCUT2D eigenvalue weighted by atomic mass is 9.83. The quantitative estimate of drug-likeness (QED) is 0.595. The minimum atomic E-state index is -0.343. The predicted octanol–water partition coefficient (Wildman–Crippen LogP) is 2.57. The molecule has 0 atom stereocenters. The Morgan fingerprint density at radius 1 is 1.44 bits per heavy atom. The summed E-state index contributed by atoms with van der Waals surface area (Å²) < 4.78 is 6.88. The first-order valence-corrected chi connectivity index (χ1v) is 6.42. The van der Waals surface area contributed by atoms with Gasteiger partial charge in [-0.2, -0.15) is 0 Å². The van der Waals surface area contributed by atoms with Crippen LogP contribution in [-0.4, -0.2) is 22.9 Å². The third-order valence-electron chi connectivity index (χ3n) is 3.60. The van der Waals surface area contributed by atoms with Gasteiger partial charge in [0.2, 0.25) is 0 Å². The first kappa shape index (κ1) is 12.9. The maximum atomic E-state index is 11.8. The monoisotopic (exact) mass is 249 g/mol. The predicted molar refractivity (Wildman–Crippen MR) is 67.7 cm³/mol. The van der Waals surface area contributed by atoms with Gasteiger partial charge in [0, 0.05) is 18.8 Å². The molecular formula is C14H19NO3. The van der Waals surface area contributed by atoms with Crippen LogP contribution in [0.15, 0.2) is 12.3 Å². The second kappa shape index (κ2) is 5.38. The van der Waals surface area contributed by atoms with E-state index in [4.69, 9.17) is 4.74 Å². The van der Waals surface area contributed by atoms with Gasteiger partial charge in [-0.25, -0.2) is 4.79 Å². The number of hydrogen-bond acceptors (Lipinski definition) is 3. The van der Waals surface area contributed by atoms with E-state index in [0.29, 0.717) is 17.9 Å². The van der Waals surface area contributed by atoms with Gasteiger partial charge in [0.1, 0.15) is 5.69 Å². The Kier molecular flexibility index (Phi) is 3.84. The molecule has 0 unspecified atom stereocenters. The molecule has 0 amide bonds. The topological polar surface area (TPSA) is 48.3 Å². The zero-order valence-corrected chi connectivity index (χ0v) is 10.9. The summed E-state index contributed by atoms with van der Waals surface area (Å²) in [4.78, 5) is 23.1. The molecule has 1 fully saturated rings. The molecule has 0 saturated heterocycles. The molecule has 0 aromatic carbocycles. The largest absolute Gasteiger partial charge is 0.461 e. The van der Waals surface area contributed by atoms with Crippen molar-refractivity contribution in [3.8, 4) is 0 Å². The van der Waals surface area contributed by atoms with Crippen molar-refractivity contribution in [2.24, 2.45) is 13.0 Å². The van der Waals surface area contributed by atoms with Crippen LogP contribution in [0.4, 0.5) is 0 Å². The number of rotatable bonds is 5. The van der Waals surface area contributed by atoms with Gasteiger partial charge in [0.05, 0.1) is 6.61 Å². The molecule has 0 aliphatic heterocycles. The number of carbonyl (C=O) groups is 2. The normalized spacial score (nSPS) is 15.2. The highest BCUT2D eigenvalue weighted by molar-refractivity contribution is 5.97. The van der Waals surface area contributed by atoms with Crippen LogP contribution in [0.1, 0.15) is 53.5 Å². The van der Waals surface area contributed by atoms with E-state index in [1.54, 1.807) is 23.9 Å². The molecule has 1 aromatic heterocycles. The molecule has 1 heterocycles. The number of esters is 1. The first-order valence-electron chi connectivity index (χ1n) is 6.42. The van der Waals surface area contributed by atoms with Crippen LogP contribution in [0, 0.1) is 5.92 Å². The molecular weight excluding hydrogens is 230 g/mol. The number of Topliss-reactive ketones (excluding diaryl/α,β-unsaturated/α-hetero) is 1. The summed E-state index contributed by atoms with van der Waals surface area (Å²) in [5.41, 5.74) is 0.984. The van der Waals surface area contributed by atoms with Crippen LogP contribution >= 0.6 is 0 Å². The summed E-state index contributed by atoms with van der Waals surface area (Å²) in [5.74, 6) is 0.349. The lowest BCUT2D eigenvalue weighted by Gasteiger charge is -2.24. The standard InChI is InChI=1S/C14H19NO3/c1-10(16)12-8-13(15(2)9-12)14(17)18-7-6-11-4-3-5-11/h8-9,11H,3-7H2,1-2H3. The van der Waals surface area contributed by atoms with E-state index in [9.17, 15) is 9.59 Å². The summed E-state index contributed by atoms with van der Waals surface area (Å²) >= 11 is 0. The van der Waals surface area contributed by atoms with Gasteiger partial charge in [-0.05, 0) is 25.3 Å². The summed E-state index contributed by atoms with van der Waals surface area (Å²) in [6.07, 6.45) is 6.44. The molecule has 4 heteroatoms. The molecule has 2 rings (SSSR count). The number of nitrogens with zero attached hydrogens (tertiary/aromatic N) is 1. The van der Waals surface area contributed by atoms with Crippen molar-refractivity contribution < 1.29 is 14.3 Å². The summed E-state index contributed by atoms with van der Waals surface area (Å²) in [7, 11) is 1.75. The number of hydrogen-bond donors (Lipinski definition) is 0. The third kappa shape index (κ3) is 2.81. The average molecular weight is 249 g/mol. The van der Waals surface area contributed by atoms with E-state index in [0.717, 1.165) is 12.3 Å². The van der Waals surface area contributed by atoms with E-state index >= 15 is 0 Å². The van der Waals surface area contributed by atoms with Crippen LogP contribution < -0.4 is 0 Å². The number of aromatic nitrogens is 1. The number of carbonyl (C=O) groups excluding carboxylic acids is 2. The Labute approximate surface area is 107 Å². The van der Waals surface area contributed by atoms with E-state index in [2.05, 4.69) is 0 Å². The molecule has 1 aliphatic rings. The Bertz CT molecular complexity index is 458. The summed E-state index contributed by atoms with van der Waals surface area (Å²) in [6, 6.07) is 1.59. The second-order valence-corrected chi connectivity index (χ2v) is 5.00. The van der Waals surface area contributed by atoms with Crippen molar-refractivity contribution in [1.29, 1.82) is 0 Å². The van der Waals surface area contributed by atoms with Crippen molar-refractivity contribution in [3.63, 3.8) is 0 Å². The van der Waals surface area contributed by atoms with Gasteiger partial charge in [-0.1, -0.05) is 19.3 Å². The van der Waals surface area contributed by atoms with E-state index < -0.39 is 0 Å². The highest BCUT2D eigenvalue weighted by Gasteiger charge is 2.19. The zero-order valence-electron chi connectivity index (χ0n) is 10.9. The van der Waals surface area contributed by atoms with Crippen LogP contribution in [0.2, 0.25) is 0 Å². The molecule has 0 N–H and O–H groups in total. The molecule has 98 valence electrons. The minimum absolute atomic E-state index is 0.0425. The molecule has 0 bridgehead atoms. The summed E-state index contributed by atoms with van der Waals surface area (Å²) in [6.45, 7) is 1.96. The molecule has 1 aliphatic carbocycles. The molecule has 0 spiro atoms. The lowest BCUT2D eigenvalue weighted by Crippen LogP contribution is -2.16. The molecule has 4 nitrogen and oxygen atoms in total. The van der Waals surface area contributed by atoms with Gasteiger partial charge in [-0.15, -0.1) is 0 Å². The van der Waals surface area contributed by atoms with E-state index in [1.807, 2.05) is 0 Å². The Hall–Kier alpha value is -1.58. The van der Waals surface area contributed by atoms with Crippen molar-refractivity contribution in [2.75, 3.05) is 6.61 Å². The fraction of sp³-hybridized carbons (Fsp3) is 0.571. The summed E-state index contributed by atoms with van der Waals surface area (Å²) in [5, 5.41) is 0. The van der Waals surface area contributed by atoms with E-state index in [-0.39, 0.29) is 11.8 Å². The smallest absolute Gasteiger partial charge is 0.354 e. The number of ether oxygens (including phenoxy) is 1. The van der Waals surface area contributed by atoms with Gasteiger partial charge in [0.15, 0.2) is 5.78 Å². The fourth-order valence-corrected chi connectivity index (χ4v) is 2.13. The SMILES string of the molecule is CC(=O)c1cc(C(=O)OCCC2CCC2)n(C)c1. The molecule has 1 aromatic rings. The Morgan fingerprint density at radius 2 is 2.17 bits per heavy atom. The maximum absolute atomic E-state index is 11.8. The van der Waals surface area contributed by atoms with Crippen LogP contribution in [0.25, 0.3) is 0 Å². The van der Waals surface area contributed by atoms with Crippen LogP contribution in [0.3, 0.4) is 0 Å². The van der Waals surface area contributed by atoms with Crippen molar-refractivity contribution in [3.05, 3.63) is 23.5 Å². The number of aryl methyl sites for hydroxylation is 1.